The molecule has 18 heavy (non-hydrogen) atoms. The van der Waals surface area contributed by atoms with Gasteiger partial charge in [0.1, 0.15) is 0 Å². The Bertz CT molecular complexity index is 442. The summed E-state index contributed by atoms with van der Waals surface area (Å²) < 4.78 is 0. The normalized spacial score (nSPS) is 12.4. The molecule has 1 unspecified atom stereocenters. The lowest BCUT2D eigenvalue weighted by atomic mass is 9.88. The van der Waals surface area contributed by atoms with Crippen molar-refractivity contribution in [3.8, 4) is 0 Å². The maximum Gasteiger partial charge on any atom is 0.0440 e. The van der Waals surface area contributed by atoms with Crippen LogP contribution in [0.15, 0.2) is 48.5 Å². The number of hydrogen-bond acceptors (Lipinski definition) is 1. The Morgan fingerprint density at radius 3 is 1.94 bits per heavy atom. The molecule has 0 spiro atoms. The van der Waals surface area contributed by atoms with Gasteiger partial charge in [-0.25, -0.2) is 0 Å². The average molecular weight is 261 g/mol. The lowest BCUT2D eigenvalue weighted by Crippen LogP contribution is -2.03. The van der Waals surface area contributed by atoms with Crippen molar-refractivity contribution in [2.45, 2.75) is 19.3 Å². The van der Waals surface area contributed by atoms with Crippen LogP contribution >= 0.6 is 11.6 Å². The molecule has 0 bridgehead atoms. The smallest absolute Gasteiger partial charge is 0.0440 e. The molecule has 0 aliphatic rings. The molecule has 0 saturated carbocycles. The van der Waals surface area contributed by atoms with Gasteiger partial charge in [0.25, 0.3) is 0 Å². The minimum Gasteiger partial charge on any atom is -0.396 e. The van der Waals surface area contributed by atoms with E-state index in [1.807, 2.05) is 24.3 Å². The van der Waals surface area contributed by atoms with Crippen LogP contribution in [0.25, 0.3) is 0 Å². The molecule has 0 aliphatic carbocycles. The molecular weight excluding hydrogens is 244 g/mol. The van der Waals surface area contributed by atoms with Gasteiger partial charge in [0.05, 0.1) is 0 Å². The monoisotopic (exact) mass is 260 g/mol. The Morgan fingerprint density at radius 1 is 0.944 bits per heavy atom. The molecule has 0 radical (unpaired) electrons. The van der Waals surface area contributed by atoms with Gasteiger partial charge in [-0.1, -0.05) is 53.6 Å². The van der Waals surface area contributed by atoms with Gasteiger partial charge >= 0.3 is 0 Å². The molecule has 0 aliphatic heterocycles. The van der Waals surface area contributed by atoms with Crippen molar-refractivity contribution in [2.75, 3.05) is 6.61 Å². The first-order chi connectivity index (χ1) is 8.70. The van der Waals surface area contributed by atoms with Crippen molar-refractivity contribution in [1.82, 2.24) is 0 Å². The molecule has 0 amide bonds. The molecule has 0 heterocycles. The number of rotatable bonds is 4. The number of aliphatic hydroxyl groups is 1. The highest BCUT2D eigenvalue weighted by Crippen LogP contribution is 2.28. The molecule has 2 aromatic rings. The summed E-state index contributed by atoms with van der Waals surface area (Å²) in [7, 11) is 0. The highest BCUT2D eigenvalue weighted by atomic mass is 35.5. The minimum absolute atomic E-state index is 0.182. The quantitative estimate of drug-likeness (QED) is 0.875. The summed E-state index contributed by atoms with van der Waals surface area (Å²) in [6.07, 6.45) is 0.727. The van der Waals surface area contributed by atoms with E-state index in [-0.39, 0.29) is 12.5 Å². The summed E-state index contributed by atoms with van der Waals surface area (Å²) in [5, 5.41) is 9.98. The Morgan fingerprint density at radius 2 is 1.44 bits per heavy atom. The van der Waals surface area contributed by atoms with Crippen molar-refractivity contribution in [3.63, 3.8) is 0 Å². The summed E-state index contributed by atoms with van der Waals surface area (Å²) in [4.78, 5) is 0. The molecule has 1 atom stereocenters. The fraction of sp³-hybridized carbons (Fsp3) is 0.250. The van der Waals surface area contributed by atoms with Gasteiger partial charge < -0.3 is 5.11 Å². The van der Waals surface area contributed by atoms with Crippen LogP contribution in [-0.4, -0.2) is 11.7 Å². The second-order valence-corrected chi connectivity index (χ2v) is 4.96. The molecule has 1 N–H and O–H groups in total. The Labute approximate surface area is 113 Å². The Kier molecular flexibility index (Phi) is 4.40. The molecule has 0 fully saturated rings. The van der Waals surface area contributed by atoms with Gasteiger partial charge in [-0.15, -0.1) is 0 Å². The second kappa shape index (κ2) is 6.03. The third kappa shape index (κ3) is 3.12. The summed E-state index contributed by atoms with van der Waals surface area (Å²) in [5.41, 5.74) is 3.67. The zero-order valence-corrected chi connectivity index (χ0v) is 11.2. The highest BCUT2D eigenvalue weighted by Gasteiger charge is 2.13. The van der Waals surface area contributed by atoms with Crippen LogP contribution in [-0.2, 0) is 0 Å². The van der Waals surface area contributed by atoms with Crippen molar-refractivity contribution >= 4 is 11.6 Å². The second-order valence-electron chi connectivity index (χ2n) is 4.53. The SMILES string of the molecule is Cc1ccc(C(CCO)c2ccc(Cl)cc2)cc1. The number of hydrogen-bond donors (Lipinski definition) is 1. The van der Waals surface area contributed by atoms with Crippen molar-refractivity contribution in [3.05, 3.63) is 70.2 Å². The highest BCUT2D eigenvalue weighted by molar-refractivity contribution is 6.30. The van der Waals surface area contributed by atoms with Crippen LogP contribution in [0.1, 0.15) is 29.0 Å². The standard InChI is InChI=1S/C16H17ClO/c1-12-2-4-13(5-3-12)16(10-11-18)14-6-8-15(17)9-7-14/h2-9,16,18H,10-11H2,1H3. The zero-order chi connectivity index (χ0) is 13.0. The van der Waals surface area contributed by atoms with Crippen LogP contribution in [0.5, 0.6) is 0 Å². The summed E-state index contributed by atoms with van der Waals surface area (Å²) in [6.45, 7) is 2.26. The number of aliphatic hydroxyl groups excluding tert-OH is 1. The van der Waals surface area contributed by atoms with Crippen LogP contribution in [0, 0.1) is 6.92 Å². The fourth-order valence-electron chi connectivity index (χ4n) is 2.15. The fourth-order valence-corrected chi connectivity index (χ4v) is 2.27. The minimum atomic E-state index is 0.182. The zero-order valence-electron chi connectivity index (χ0n) is 10.4. The largest absolute Gasteiger partial charge is 0.396 e. The van der Waals surface area contributed by atoms with Gasteiger partial charge in [-0.3, -0.25) is 0 Å². The molecule has 1 nitrogen and oxygen atoms in total. The molecule has 0 aromatic heterocycles. The molecular formula is C16H17ClO. The van der Waals surface area contributed by atoms with E-state index in [0.29, 0.717) is 0 Å². The molecule has 2 aromatic carbocycles. The third-order valence-corrected chi connectivity index (χ3v) is 3.42. The number of benzene rings is 2. The van der Waals surface area contributed by atoms with E-state index in [1.165, 1.54) is 16.7 Å². The van der Waals surface area contributed by atoms with Gasteiger partial charge in [-0.05, 0) is 36.6 Å². The third-order valence-electron chi connectivity index (χ3n) is 3.17. The molecule has 2 heteroatoms. The summed E-state index contributed by atoms with van der Waals surface area (Å²) >= 11 is 5.91. The lowest BCUT2D eigenvalue weighted by Gasteiger charge is -2.17. The van der Waals surface area contributed by atoms with Crippen LogP contribution < -0.4 is 0 Å². The van der Waals surface area contributed by atoms with Crippen LogP contribution in [0.2, 0.25) is 5.02 Å². The molecule has 0 saturated heterocycles. The van der Waals surface area contributed by atoms with E-state index in [2.05, 4.69) is 31.2 Å². The first-order valence-electron chi connectivity index (χ1n) is 6.13. The van der Waals surface area contributed by atoms with Crippen molar-refractivity contribution < 1.29 is 5.11 Å². The van der Waals surface area contributed by atoms with E-state index in [4.69, 9.17) is 11.6 Å². The van der Waals surface area contributed by atoms with E-state index >= 15 is 0 Å². The summed E-state index contributed by atoms with van der Waals surface area (Å²) in [6, 6.07) is 16.3. The lowest BCUT2D eigenvalue weighted by molar-refractivity contribution is 0.281. The van der Waals surface area contributed by atoms with E-state index in [1.54, 1.807) is 0 Å². The predicted molar refractivity (Wildman–Crippen MR) is 76.2 cm³/mol. The van der Waals surface area contributed by atoms with Crippen molar-refractivity contribution in [2.24, 2.45) is 0 Å². The van der Waals surface area contributed by atoms with Crippen LogP contribution in [0.4, 0.5) is 0 Å². The first-order valence-corrected chi connectivity index (χ1v) is 6.51. The predicted octanol–water partition coefficient (Wildman–Crippen LogP) is 4.16. The van der Waals surface area contributed by atoms with E-state index in [0.717, 1.165) is 11.4 Å². The van der Waals surface area contributed by atoms with Crippen molar-refractivity contribution in [1.29, 1.82) is 0 Å². The van der Waals surface area contributed by atoms with Gasteiger partial charge in [0.15, 0.2) is 0 Å². The molecule has 94 valence electrons. The van der Waals surface area contributed by atoms with E-state index < -0.39 is 0 Å². The maximum absolute atomic E-state index is 9.24. The topological polar surface area (TPSA) is 20.2 Å². The summed E-state index contributed by atoms with van der Waals surface area (Å²) in [5.74, 6) is 0.230. The Hall–Kier alpha value is -1.31. The maximum atomic E-state index is 9.24. The van der Waals surface area contributed by atoms with E-state index in [9.17, 15) is 5.11 Å². The van der Waals surface area contributed by atoms with Gasteiger partial charge in [-0.2, -0.15) is 0 Å². The van der Waals surface area contributed by atoms with Gasteiger partial charge in [0.2, 0.25) is 0 Å². The first kappa shape index (κ1) is 13.1. The number of aryl methyl sites for hydroxylation is 1. The Balaban J connectivity index is 2.33. The molecule has 2 rings (SSSR count). The van der Waals surface area contributed by atoms with Gasteiger partial charge in [0, 0.05) is 17.5 Å². The number of halogens is 1. The average Bonchev–Trinajstić information content (AvgIpc) is 2.39. The van der Waals surface area contributed by atoms with Crippen LogP contribution in [0.3, 0.4) is 0 Å².